The second-order valence-corrected chi connectivity index (χ2v) is 4.65. The van der Waals surface area contributed by atoms with Gasteiger partial charge in [-0.1, -0.05) is 6.07 Å². The number of hydrogen-bond donors (Lipinski definition) is 1. The van der Waals surface area contributed by atoms with E-state index in [0.717, 1.165) is 22.6 Å². The number of fused-ring (bicyclic) bond motifs is 1. The number of nitrogens with zero attached hydrogens (tertiary/aromatic N) is 3. The highest BCUT2D eigenvalue weighted by Crippen LogP contribution is 2.20. The summed E-state index contributed by atoms with van der Waals surface area (Å²) in [4.78, 5) is 16.1. The summed E-state index contributed by atoms with van der Waals surface area (Å²) in [5.41, 5.74) is 3.88. The van der Waals surface area contributed by atoms with Crippen molar-refractivity contribution in [3.63, 3.8) is 0 Å². The van der Waals surface area contributed by atoms with Crippen LogP contribution in [0.25, 0.3) is 22.6 Å². The van der Waals surface area contributed by atoms with Gasteiger partial charge in [0.05, 0.1) is 23.4 Å². The fourth-order valence-corrected chi connectivity index (χ4v) is 2.01. The molecule has 0 aliphatic heterocycles. The molecule has 0 amide bonds. The van der Waals surface area contributed by atoms with E-state index in [1.165, 1.54) is 5.56 Å². The molecule has 0 saturated carbocycles. The molecule has 0 fully saturated rings. The molecule has 0 radical (unpaired) electrons. The summed E-state index contributed by atoms with van der Waals surface area (Å²) in [7, 11) is 0. The SMILES string of the molecule is Cc1ccc2nc(-c3cncc(Br)n3)[nH]c2c1. The van der Waals surface area contributed by atoms with Crippen molar-refractivity contribution in [3.05, 3.63) is 40.8 Å². The van der Waals surface area contributed by atoms with Crippen LogP contribution in [-0.4, -0.2) is 19.9 Å². The predicted octanol–water partition coefficient (Wildman–Crippen LogP) is 3.09. The van der Waals surface area contributed by atoms with Gasteiger partial charge in [-0.25, -0.2) is 9.97 Å². The third kappa shape index (κ3) is 1.93. The molecule has 0 spiro atoms. The Hall–Kier alpha value is -1.75. The van der Waals surface area contributed by atoms with Crippen molar-refractivity contribution in [2.24, 2.45) is 0 Å². The second-order valence-electron chi connectivity index (χ2n) is 3.83. The van der Waals surface area contributed by atoms with E-state index in [0.29, 0.717) is 4.60 Å². The summed E-state index contributed by atoms with van der Waals surface area (Å²) in [5.74, 6) is 0.736. The van der Waals surface area contributed by atoms with Gasteiger partial charge in [0.15, 0.2) is 5.82 Å². The van der Waals surface area contributed by atoms with Gasteiger partial charge in [-0.15, -0.1) is 0 Å². The van der Waals surface area contributed by atoms with Crippen LogP contribution in [0.3, 0.4) is 0 Å². The maximum Gasteiger partial charge on any atom is 0.158 e. The van der Waals surface area contributed by atoms with E-state index in [1.807, 2.05) is 12.1 Å². The molecule has 4 nitrogen and oxygen atoms in total. The Morgan fingerprint density at radius 3 is 2.88 bits per heavy atom. The van der Waals surface area contributed by atoms with E-state index in [-0.39, 0.29) is 0 Å². The summed E-state index contributed by atoms with van der Waals surface area (Å²) in [5, 5.41) is 0. The van der Waals surface area contributed by atoms with Gasteiger partial charge in [-0.05, 0) is 40.5 Å². The Morgan fingerprint density at radius 1 is 1.18 bits per heavy atom. The van der Waals surface area contributed by atoms with Gasteiger partial charge in [-0.3, -0.25) is 4.98 Å². The van der Waals surface area contributed by atoms with E-state index in [2.05, 4.69) is 48.9 Å². The summed E-state index contributed by atoms with van der Waals surface area (Å²) < 4.78 is 0.701. The van der Waals surface area contributed by atoms with Gasteiger partial charge in [0.25, 0.3) is 0 Å². The highest BCUT2D eigenvalue weighted by Gasteiger charge is 2.07. The van der Waals surface area contributed by atoms with Crippen molar-refractivity contribution >= 4 is 27.0 Å². The molecule has 2 heterocycles. The third-order valence-corrected chi connectivity index (χ3v) is 2.87. The van der Waals surface area contributed by atoms with Crippen molar-refractivity contribution in [1.82, 2.24) is 19.9 Å². The molecule has 0 aliphatic carbocycles. The third-order valence-electron chi connectivity index (χ3n) is 2.49. The summed E-state index contributed by atoms with van der Waals surface area (Å²) >= 11 is 3.30. The van der Waals surface area contributed by atoms with Crippen molar-refractivity contribution in [1.29, 1.82) is 0 Å². The van der Waals surface area contributed by atoms with Crippen LogP contribution in [0.2, 0.25) is 0 Å². The maximum absolute atomic E-state index is 4.49. The molecule has 1 N–H and O–H groups in total. The normalized spacial score (nSPS) is 10.9. The molecule has 3 aromatic rings. The molecule has 0 unspecified atom stereocenters. The average molecular weight is 289 g/mol. The minimum absolute atomic E-state index is 0.701. The number of nitrogens with one attached hydrogen (secondary N) is 1. The number of halogens is 1. The van der Waals surface area contributed by atoms with Gasteiger partial charge < -0.3 is 4.98 Å². The molecule has 1 aromatic carbocycles. The fraction of sp³-hybridized carbons (Fsp3) is 0.0833. The van der Waals surface area contributed by atoms with Crippen molar-refractivity contribution in [2.75, 3.05) is 0 Å². The molecule has 0 bridgehead atoms. The molecular weight excluding hydrogens is 280 g/mol. The van der Waals surface area contributed by atoms with Crippen LogP contribution < -0.4 is 0 Å². The monoisotopic (exact) mass is 288 g/mol. The standard InChI is InChI=1S/C12H9BrN4/c1-7-2-3-8-9(4-7)17-12(16-8)10-5-14-6-11(13)15-10/h2-6H,1H3,(H,16,17). The Bertz CT molecular complexity index is 690. The largest absolute Gasteiger partial charge is 0.337 e. The number of hydrogen-bond acceptors (Lipinski definition) is 3. The first-order valence-electron chi connectivity index (χ1n) is 5.17. The summed E-state index contributed by atoms with van der Waals surface area (Å²) in [6, 6.07) is 6.10. The molecule has 84 valence electrons. The highest BCUT2D eigenvalue weighted by molar-refractivity contribution is 9.10. The van der Waals surface area contributed by atoms with E-state index < -0.39 is 0 Å². The Labute approximate surface area is 106 Å². The predicted molar refractivity (Wildman–Crippen MR) is 69.6 cm³/mol. The van der Waals surface area contributed by atoms with Crippen LogP contribution in [0.1, 0.15) is 5.56 Å². The van der Waals surface area contributed by atoms with E-state index >= 15 is 0 Å². The van der Waals surface area contributed by atoms with Crippen LogP contribution in [0.15, 0.2) is 35.2 Å². The van der Waals surface area contributed by atoms with Gasteiger partial charge >= 0.3 is 0 Å². The molecule has 2 aromatic heterocycles. The minimum atomic E-state index is 0.701. The summed E-state index contributed by atoms with van der Waals surface area (Å²) in [6.07, 6.45) is 3.34. The fourth-order valence-electron chi connectivity index (χ4n) is 1.70. The smallest absolute Gasteiger partial charge is 0.158 e. The van der Waals surface area contributed by atoms with E-state index in [1.54, 1.807) is 12.4 Å². The van der Waals surface area contributed by atoms with E-state index in [4.69, 9.17) is 0 Å². The van der Waals surface area contributed by atoms with Crippen molar-refractivity contribution in [3.8, 4) is 11.5 Å². The quantitative estimate of drug-likeness (QED) is 0.749. The lowest BCUT2D eigenvalue weighted by Crippen LogP contribution is -1.87. The van der Waals surface area contributed by atoms with Crippen LogP contribution >= 0.6 is 15.9 Å². The Kier molecular flexibility index (Phi) is 2.40. The molecule has 3 rings (SSSR count). The van der Waals surface area contributed by atoms with Gasteiger partial charge in [0.1, 0.15) is 10.3 Å². The Morgan fingerprint density at radius 2 is 2.06 bits per heavy atom. The zero-order valence-electron chi connectivity index (χ0n) is 9.11. The number of aryl methyl sites for hydroxylation is 1. The van der Waals surface area contributed by atoms with Crippen molar-refractivity contribution < 1.29 is 0 Å². The highest BCUT2D eigenvalue weighted by atomic mass is 79.9. The number of benzene rings is 1. The molecule has 0 aliphatic rings. The topological polar surface area (TPSA) is 54.5 Å². The first kappa shape index (κ1) is 10.4. The van der Waals surface area contributed by atoms with Crippen LogP contribution in [-0.2, 0) is 0 Å². The van der Waals surface area contributed by atoms with Crippen LogP contribution in [0.4, 0.5) is 0 Å². The van der Waals surface area contributed by atoms with Gasteiger partial charge in [-0.2, -0.15) is 0 Å². The molecule has 0 saturated heterocycles. The first-order valence-corrected chi connectivity index (χ1v) is 5.96. The maximum atomic E-state index is 4.49. The number of imidazole rings is 1. The van der Waals surface area contributed by atoms with Crippen molar-refractivity contribution in [2.45, 2.75) is 6.92 Å². The summed E-state index contributed by atoms with van der Waals surface area (Å²) in [6.45, 7) is 2.05. The number of H-pyrrole nitrogens is 1. The first-order chi connectivity index (χ1) is 8.22. The van der Waals surface area contributed by atoms with Crippen LogP contribution in [0.5, 0.6) is 0 Å². The molecular formula is C12H9BrN4. The molecule has 5 heteroatoms. The van der Waals surface area contributed by atoms with Gasteiger partial charge in [0.2, 0.25) is 0 Å². The number of aromatic nitrogens is 4. The lowest BCUT2D eigenvalue weighted by Gasteiger charge is -1.94. The zero-order valence-corrected chi connectivity index (χ0v) is 10.7. The lowest BCUT2D eigenvalue weighted by molar-refractivity contribution is 1.14. The number of aromatic amines is 1. The molecule has 0 atom stereocenters. The number of rotatable bonds is 1. The van der Waals surface area contributed by atoms with Crippen LogP contribution in [0, 0.1) is 6.92 Å². The second kappa shape index (κ2) is 3.92. The zero-order chi connectivity index (χ0) is 11.8. The molecule has 17 heavy (non-hydrogen) atoms. The van der Waals surface area contributed by atoms with E-state index in [9.17, 15) is 0 Å². The lowest BCUT2D eigenvalue weighted by atomic mass is 10.2. The Balaban J connectivity index is 2.18. The van der Waals surface area contributed by atoms with Gasteiger partial charge in [0, 0.05) is 0 Å². The average Bonchev–Trinajstić information content (AvgIpc) is 2.72. The minimum Gasteiger partial charge on any atom is -0.337 e.